The number of ether oxygens (including phenoxy) is 2. The van der Waals surface area contributed by atoms with Crippen LogP contribution in [0.3, 0.4) is 0 Å². The Morgan fingerprint density at radius 2 is 1.72 bits per heavy atom. The SMILES string of the molecule is COC(=O)C1=C(C(=O)OC)N(c2ccc3ccccc3n2)NC1c1ccccn1. The number of pyridine rings is 2. The van der Waals surface area contributed by atoms with Gasteiger partial charge in [0, 0.05) is 11.6 Å². The van der Waals surface area contributed by atoms with Crippen molar-refractivity contribution in [2.75, 3.05) is 19.2 Å². The van der Waals surface area contributed by atoms with Crippen molar-refractivity contribution in [3.63, 3.8) is 0 Å². The van der Waals surface area contributed by atoms with Gasteiger partial charge in [-0.25, -0.2) is 20.0 Å². The van der Waals surface area contributed by atoms with Crippen LogP contribution >= 0.6 is 0 Å². The van der Waals surface area contributed by atoms with Gasteiger partial charge in [0.1, 0.15) is 11.9 Å². The molecule has 0 fully saturated rings. The average Bonchev–Trinajstić information content (AvgIpc) is 3.19. The predicted octanol–water partition coefficient (Wildman–Crippen LogP) is 2.30. The van der Waals surface area contributed by atoms with Gasteiger partial charge in [-0.1, -0.05) is 24.3 Å². The number of fused-ring (bicyclic) bond motifs is 1. The number of nitrogens with zero attached hydrogens (tertiary/aromatic N) is 3. The van der Waals surface area contributed by atoms with Crippen molar-refractivity contribution in [2.45, 2.75) is 6.04 Å². The summed E-state index contributed by atoms with van der Waals surface area (Å²) in [5.74, 6) is -0.910. The molecule has 2 aromatic heterocycles. The third-order valence-corrected chi connectivity index (χ3v) is 4.61. The number of hydrogen-bond donors (Lipinski definition) is 1. The Kier molecular flexibility index (Phi) is 4.92. The highest BCUT2D eigenvalue weighted by atomic mass is 16.5. The summed E-state index contributed by atoms with van der Waals surface area (Å²) >= 11 is 0. The van der Waals surface area contributed by atoms with E-state index in [0.29, 0.717) is 11.5 Å². The number of rotatable bonds is 4. The van der Waals surface area contributed by atoms with Crippen LogP contribution < -0.4 is 10.4 Å². The third kappa shape index (κ3) is 3.30. The molecule has 1 aromatic carbocycles. The maximum atomic E-state index is 12.7. The minimum absolute atomic E-state index is 0.0118. The monoisotopic (exact) mass is 390 g/mol. The molecule has 0 radical (unpaired) electrons. The Bertz CT molecular complexity index is 1110. The molecule has 8 nitrogen and oxygen atoms in total. The highest BCUT2D eigenvalue weighted by Gasteiger charge is 2.42. The molecule has 1 unspecified atom stereocenters. The Balaban J connectivity index is 1.89. The van der Waals surface area contributed by atoms with Crippen molar-refractivity contribution >= 4 is 28.7 Å². The van der Waals surface area contributed by atoms with Crippen LogP contribution in [0.1, 0.15) is 11.7 Å². The maximum Gasteiger partial charge on any atom is 0.356 e. The van der Waals surface area contributed by atoms with Gasteiger partial charge >= 0.3 is 11.9 Å². The first kappa shape index (κ1) is 18.6. The van der Waals surface area contributed by atoms with Gasteiger partial charge in [0.25, 0.3) is 0 Å². The fraction of sp³-hybridized carbons (Fsp3) is 0.143. The molecule has 0 saturated heterocycles. The van der Waals surface area contributed by atoms with Crippen LogP contribution in [-0.2, 0) is 19.1 Å². The quantitative estimate of drug-likeness (QED) is 0.679. The number of esters is 2. The van der Waals surface area contributed by atoms with E-state index in [4.69, 9.17) is 9.47 Å². The molecular formula is C21H18N4O4. The number of aromatic nitrogens is 2. The second-order valence-corrected chi connectivity index (χ2v) is 6.26. The van der Waals surface area contributed by atoms with Crippen molar-refractivity contribution in [1.29, 1.82) is 0 Å². The lowest BCUT2D eigenvalue weighted by Crippen LogP contribution is -2.36. The number of carbonyl (C=O) groups is 2. The number of anilines is 1. The summed E-state index contributed by atoms with van der Waals surface area (Å²) in [7, 11) is 2.51. The molecule has 0 saturated carbocycles. The molecule has 146 valence electrons. The second-order valence-electron chi connectivity index (χ2n) is 6.26. The van der Waals surface area contributed by atoms with Crippen LogP contribution in [0.4, 0.5) is 5.82 Å². The minimum Gasteiger partial charge on any atom is -0.466 e. The molecule has 29 heavy (non-hydrogen) atoms. The number of hydrazine groups is 1. The second kappa shape index (κ2) is 7.69. The van der Waals surface area contributed by atoms with Crippen LogP contribution in [0, 0.1) is 0 Å². The highest BCUT2D eigenvalue weighted by molar-refractivity contribution is 6.05. The van der Waals surface area contributed by atoms with Crippen molar-refractivity contribution in [2.24, 2.45) is 0 Å². The van der Waals surface area contributed by atoms with E-state index in [1.165, 1.54) is 19.2 Å². The molecule has 3 aromatic rings. The van der Waals surface area contributed by atoms with Crippen LogP contribution in [0.15, 0.2) is 72.1 Å². The molecule has 0 spiro atoms. The first-order valence-electron chi connectivity index (χ1n) is 8.88. The van der Waals surface area contributed by atoms with Gasteiger partial charge in [-0.05, 0) is 30.3 Å². The molecule has 1 aliphatic rings. The number of nitrogens with one attached hydrogen (secondary N) is 1. The van der Waals surface area contributed by atoms with E-state index in [9.17, 15) is 9.59 Å². The van der Waals surface area contributed by atoms with Gasteiger partial charge in [-0.2, -0.15) is 0 Å². The summed E-state index contributed by atoms with van der Waals surface area (Å²) in [4.78, 5) is 34.2. The summed E-state index contributed by atoms with van der Waals surface area (Å²) < 4.78 is 9.89. The van der Waals surface area contributed by atoms with Gasteiger partial charge in [-0.15, -0.1) is 0 Å². The summed E-state index contributed by atoms with van der Waals surface area (Å²) in [6.45, 7) is 0. The van der Waals surface area contributed by atoms with Crippen molar-refractivity contribution in [3.8, 4) is 0 Å². The molecule has 0 aliphatic carbocycles. The van der Waals surface area contributed by atoms with E-state index in [2.05, 4.69) is 15.4 Å². The van der Waals surface area contributed by atoms with Gasteiger partial charge in [0.2, 0.25) is 0 Å². The van der Waals surface area contributed by atoms with E-state index in [-0.39, 0.29) is 11.3 Å². The van der Waals surface area contributed by atoms with Gasteiger partial charge in [0.15, 0.2) is 5.70 Å². The maximum absolute atomic E-state index is 12.7. The summed E-state index contributed by atoms with van der Waals surface area (Å²) in [6, 6.07) is 15.9. The minimum atomic E-state index is -0.703. The standard InChI is InChI=1S/C21H18N4O4/c1-28-20(26)17-18(15-9-5-6-12-22-15)24-25(19(17)21(27)29-2)16-11-10-13-7-3-4-8-14(13)23-16/h3-12,18,24H,1-2H3. The number of hydrogen-bond acceptors (Lipinski definition) is 8. The fourth-order valence-corrected chi connectivity index (χ4v) is 3.26. The molecule has 8 heteroatoms. The first-order chi connectivity index (χ1) is 14.1. The lowest BCUT2D eigenvalue weighted by molar-refractivity contribution is -0.139. The van der Waals surface area contributed by atoms with Gasteiger partial charge in [0.05, 0.1) is 31.0 Å². The topological polar surface area (TPSA) is 93.7 Å². The number of benzene rings is 1. The largest absolute Gasteiger partial charge is 0.466 e. The van der Waals surface area contributed by atoms with E-state index in [0.717, 1.165) is 10.9 Å². The Morgan fingerprint density at radius 3 is 2.45 bits per heavy atom. The number of para-hydroxylation sites is 1. The Labute approximate surface area is 166 Å². The lowest BCUT2D eigenvalue weighted by Gasteiger charge is -2.21. The van der Waals surface area contributed by atoms with E-state index >= 15 is 0 Å². The third-order valence-electron chi connectivity index (χ3n) is 4.61. The normalized spacial score (nSPS) is 16.2. The molecule has 0 amide bonds. The predicted molar refractivity (Wildman–Crippen MR) is 105 cm³/mol. The van der Waals surface area contributed by atoms with Gasteiger partial charge in [-0.3, -0.25) is 9.99 Å². The zero-order valence-corrected chi connectivity index (χ0v) is 15.8. The molecule has 4 rings (SSSR count). The van der Waals surface area contributed by atoms with Crippen molar-refractivity contribution in [3.05, 3.63) is 77.8 Å². The zero-order valence-electron chi connectivity index (χ0n) is 15.8. The van der Waals surface area contributed by atoms with Gasteiger partial charge < -0.3 is 9.47 Å². The highest BCUT2D eigenvalue weighted by Crippen LogP contribution is 2.35. The zero-order chi connectivity index (χ0) is 20.4. The Morgan fingerprint density at radius 1 is 0.966 bits per heavy atom. The Hall–Kier alpha value is -3.78. The van der Waals surface area contributed by atoms with Crippen molar-refractivity contribution in [1.82, 2.24) is 15.4 Å². The van der Waals surface area contributed by atoms with E-state index in [1.807, 2.05) is 30.3 Å². The lowest BCUT2D eigenvalue weighted by atomic mass is 10.0. The van der Waals surface area contributed by atoms with Crippen molar-refractivity contribution < 1.29 is 19.1 Å². The number of carbonyl (C=O) groups excluding carboxylic acids is 2. The summed E-state index contributed by atoms with van der Waals surface area (Å²) in [5.41, 5.74) is 4.57. The smallest absolute Gasteiger partial charge is 0.356 e. The fourth-order valence-electron chi connectivity index (χ4n) is 3.26. The van der Waals surface area contributed by atoms with Crippen LogP contribution in [0.2, 0.25) is 0 Å². The molecule has 1 atom stereocenters. The molecular weight excluding hydrogens is 372 g/mol. The van der Waals surface area contributed by atoms with E-state index < -0.39 is 18.0 Å². The van der Waals surface area contributed by atoms with Crippen LogP contribution in [0.5, 0.6) is 0 Å². The molecule has 3 heterocycles. The average molecular weight is 390 g/mol. The molecule has 0 bridgehead atoms. The molecule has 1 aliphatic heterocycles. The number of methoxy groups -OCH3 is 2. The summed E-state index contributed by atoms with van der Waals surface area (Å²) in [6.07, 6.45) is 1.61. The van der Waals surface area contributed by atoms with Crippen LogP contribution in [-0.4, -0.2) is 36.1 Å². The van der Waals surface area contributed by atoms with Crippen LogP contribution in [0.25, 0.3) is 10.9 Å². The molecule has 1 N–H and O–H groups in total. The van der Waals surface area contributed by atoms with E-state index in [1.54, 1.807) is 30.5 Å². The first-order valence-corrected chi connectivity index (χ1v) is 8.88. The summed E-state index contributed by atoms with van der Waals surface area (Å²) in [5, 5.41) is 2.40.